The molecule has 2 heterocycles. The van der Waals surface area contributed by atoms with Crippen molar-refractivity contribution in [3.63, 3.8) is 0 Å². The highest BCUT2D eigenvalue weighted by Gasteiger charge is 2.11. The number of rotatable bonds is 2. The van der Waals surface area contributed by atoms with Gasteiger partial charge in [-0.3, -0.25) is 0 Å². The Kier molecular flexibility index (Phi) is 3.23. The number of hydrogen-bond donors (Lipinski definition) is 6. The molecule has 3 aromatic carbocycles. The van der Waals surface area contributed by atoms with Crippen LogP contribution in [0.15, 0.2) is 48.5 Å². The van der Waals surface area contributed by atoms with Gasteiger partial charge in [-0.1, -0.05) is 24.3 Å². The first-order valence-electron chi connectivity index (χ1n) is 8.42. The van der Waals surface area contributed by atoms with E-state index in [0.717, 1.165) is 11.1 Å². The molecular weight excluding hydrogens is 360 g/mol. The fourth-order valence-corrected chi connectivity index (χ4v) is 3.13. The first-order valence-corrected chi connectivity index (χ1v) is 8.42. The minimum atomic E-state index is -0.220. The average molecular weight is 374 g/mol. The van der Waals surface area contributed by atoms with E-state index in [4.69, 9.17) is 0 Å². The molecule has 28 heavy (non-hydrogen) atoms. The summed E-state index contributed by atoms with van der Waals surface area (Å²) < 4.78 is 0. The number of H-pyrrole nitrogens is 2. The minimum Gasteiger partial charge on any atom is -0.504 e. The lowest BCUT2D eigenvalue weighted by molar-refractivity contribution is 0.405. The number of nitrogens with zero attached hydrogens (tertiary/aromatic N) is 2. The number of benzene rings is 3. The summed E-state index contributed by atoms with van der Waals surface area (Å²) in [7, 11) is 0. The first-order chi connectivity index (χ1) is 13.5. The normalized spacial score (nSPS) is 11.4. The van der Waals surface area contributed by atoms with E-state index in [1.54, 1.807) is 0 Å². The molecule has 0 spiro atoms. The Balaban J connectivity index is 1.52. The molecule has 0 fully saturated rings. The van der Waals surface area contributed by atoms with Crippen LogP contribution >= 0.6 is 0 Å². The molecule has 5 rings (SSSR count). The smallest absolute Gasteiger partial charge is 0.159 e. The first kappa shape index (κ1) is 16.0. The zero-order valence-electron chi connectivity index (χ0n) is 14.3. The van der Waals surface area contributed by atoms with Gasteiger partial charge in [0.1, 0.15) is 11.6 Å². The molecule has 0 radical (unpaired) electrons. The molecule has 0 saturated heterocycles. The molecule has 0 aliphatic rings. The van der Waals surface area contributed by atoms with E-state index in [9.17, 15) is 20.4 Å². The molecule has 0 bridgehead atoms. The Bertz CT molecular complexity index is 1170. The van der Waals surface area contributed by atoms with Crippen LogP contribution < -0.4 is 0 Å². The number of hydrogen-bond acceptors (Lipinski definition) is 6. The number of phenols is 4. The average Bonchev–Trinajstić information content (AvgIpc) is 3.26. The van der Waals surface area contributed by atoms with E-state index in [0.29, 0.717) is 33.7 Å². The van der Waals surface area contributed by atoms with Gasteiger partial charge in [0.2, 0.25) is 0 Å². The predicted octanol–water partition coefficient (Wildman–Crippen LogP) is 3.60. The summed E-state index contributed by atoms with van der Waals surface area (Å²) in [5.74, 6) is 0.350. The van der Waals surface area contributed by atoms with Gasteiger partial charge in [0, 0.05) is 35.4 Å². The monoisotopic (exact) mass is 374 g/mol. The Morgan fingerprint density at radius 3 is 1.29 bits per heavy atom. The second-order valence-electron chi connectivity index (χ2n) is 6.46. The summed E-state index contributed by atoms with van der Waals surface area (Å²) >= 11 is 0. The van der Waals surface area contributed by atoms with E-state index in [1.807, 2.05) is 24.3 Å². The van der Waals surface area contributed by atoms with Crippen LogP contribution in [0.2, 0.25) is 0 Å². The van der Waals surface area contributed by atoms with E-state index >= 15 is 0 Å². The van der Waals surface area contributed by atoms with Crippen LogP contribution in [0.3, 0.4) is 0 Å². The summed E-state index contributed by atoms with van der Waals surface area (Å²) in [6.45, 7) is 0. The van der Waals surface area contributed by atoms with Gasteiger partial charge < -0.3 is 30.4 Å². The van der Waals surface area contributed by atoms with Gasteiger partial charge in [0.25, 0.3) is 0 Å². The van der Waals surface area contributed by atoms with Gasteiger partial charge in [0.05, 0.1) is 22.1 Å². The highest BCUT2D eigenvalue weighted by molar-refractivity contribution is 5.84. The molecule has 5 aromatic rings. The number of aromatic hydroxyl groups is 4. The van der Waals surface area contributed by atoms with Crippen molar-refractivity contribution >= 4 is 22.1 Å². The second kappa shape index (κ2) is 5.65. The molecule has 0 atom stereocenters. The van der Waals surface area contributed by atoms with Crippen LogP contribution in [-0.4, -0.2) is 40.4 Å². The fraction of sp³-hybridized carbons (Fsp3) is 0. The van der Waals surface area contributed by atoms with Gasteiger partial charge in [-0.25, -0.2) is 9.97 Å². The summed E-state index contributed by atoms with van der Waals surface area (Å²) in [5, 5.41) is 38.4. The predicted molar refractivity (Wildman–Crippen MR) is 103 cm³/mol. The lowest BCUT2D eigenvalue weighted by Crippen LogP contribution is -1.83. The molecule has 8 nitrogen and oxygen atoms in total. The molecule has 0 saturated carbocycles. The third-order valence-electron chi connectivity index (χ3n) is 4.59. The van der Waals surface area contributed by atoms with Crippen molar-refractivity contribution in [3.05, 3.63) is 48.5 Å². The Morgan fingerprint density at radius 1 is 0.536 bits per heavy atom. The SMILES string of the molecule is Oc1cc2nc(-c3ccc(-c4nc5cc(O)c(O)cc5[nH]4)cc3)[nH]c2cc1O. The molecule has 6 N–H and O–H groups in total. The van der Waals surface area contributed by atoms with Crippen LogP contribution in [0, 0.1) is 0 Å². The number of aromatic nitrogens is 4. The second-order valence-corrected chi connectivity index (χ2v) is 6.46. The van der Waals surface area contributed by atoms with Crippen LogP contribution in [-0.2, 0) is 0 Å². The molecule has 0 unspecified atom stereocenters. The maximum atomic E-state index is 9.61. The molecule has 8 heteroatoms. The third-order valence-corrected chi connectivity index (χ3v) is 4.59. The van der Waals surface area contributed by atoms with Crippen molar-refractivity contribution in [1.29, 1.82) is 0 Å². The Morgan fingerprint density at radius 2 is 0.893 bits per heavy atom. The molecule has 0 aliphatic carbocycles. The topological polar surface area (TPSA) is 138 Å². The summed E-state index contributed by atoms with van der Waals surface area (Å²) in [6, 6.07) is 13.1. The molecule has 138 valence electrons. The summed E-state index contributed by atoms with van der Waals surface area (Å²) in [4.78, 5) is 15.1. The van der Waals surface area contributed by atoms with Crippen molar-refractivity contribution < 1.29 is 20.4 Å². The van der Waals surface area contributed by atoms with Crippen molar-refractivity contribution in [3.8, 4) is 45.8 Å². The highest BCUT2D eigenvalue weighted by Crippen LogP contribution is 2.32. The molecular formula is C20H14N4O4. The van der Waals surface area contributed by atoms with Crippen LogP contribution in [0.5, 0.6) is 23.0 Å². The van der Waals surface area contributed by atoms with Crippen molar-refractivity contribution in [2.75, 3.05) is 0 Å². The fourth-order valence-electron chi connectivity index (χ4n) is 3.13. The van der Waals surface area contributed by atoms with E-state index in [2.05, 4.69) is 19.9 Å². The molecule has 0 aliphatic heterocycles. The Labute approximate surface area is 157 Å². The number of aromatic amines is 2. The molecule has 0 amide bonds. The van der Waals surface area contributed by atoms with Crippen molar-refractivity contribution in [1.82, 2.24) is 19.9 Å². The lowest BCUT2D eigenvalue weighted by atomic mass is 10.1. The quantitative estimate of drug-likeness (QED) is 0.261. The Hall–Kier alpha value is -4.20. The largest absolute Gasteiger partial charge is 0.504 e. The number of nitrogens with one attached hydrogen (secondary N) is 2. The number of fused-ring (bicyclic) bond motifs is 2. The number of phenolic OH excluding ortho intramolecular Hbond substituents is 4. The van der Waals surface area contributed by atoms with Crippen molar-refractivity contribution in [2.45, 2.75) is 0 Å². The third kappa shape index (κ3) is 2.47. The number of imidazole rings is 2. The summed E-state index contributed by atoms with van der Waals surface area (Å²) in [6.07, 6.45) is 0. The maximum absolute atomic E-state index is 9.61. The molecule has 2 aromatic heterocycles. The van der Waals surface area contributed by atoms with Gasteiger partial charge in [-0.15, -0.1) is 0 Å². The van der Waals surface area contributed by atoms with Crippen LogP contribution in [0.25, 0.3) is 44.8 Å². The highest BCUT2D eigenvalue weighted by atomic mass is 16.3. The van der Waals surface area contributed by atoms with Gasteiger partial charge in [0.15, 0.2) is 23.0 Å². The lowest BCUT2D eigenvalue weighted by Gasteiger charge is -1.99. The zero-order valence-corrected chi connectivity index (χ0v) is 14.3. The van der Waals surface area contributed by atoms with E-state index in [-0.39, 0.29) is 23.0 Å². The minimum absolute atomic E-state index is 0.208. The van der Waals surface area contributed by atoms with E-state index < -0.39 is 0 Å². The maximum Gasteiger partial charge on any atom is 0.159 e. The van der Waals surface area contributed by atoms with Crippen LogP contribution in [0.1, 0.15) is 0 Å². The van der Waals surface area contributed by atoms with E-state index in [1.165, 1.54) is 24.3 Å². The van der Waals surface area contributed by atoms with Gasteiger partial charge in [-0.05, 0) is 0 Å². The standard InChI is InChI=1S/C20H14N4O4/c25-15-5-11-12(6-16(15)26)22-19(21-11)9-1-2-10(4-3-9)20-23-13-7-17(27)18(28)8-14(13)24-20/h1-8,25-28H,(H,21,22)(H,23,24). The van der Waals surface area contributed by atoms with Crippen LogP contribution in [0.4, 0.5) is 0 Å². The zero-order chi connectivity index (χ0) is 19.4. The van der Waals surface area contributed by atoms with Gasteiger partial charge >= 0.3 is 0 Å². The summed E-state index contributed by atoms with van der Waals surface area (Å²) in [5.41, 5.74) is 3.98. The van der Waals surface area contributed by atoms with Gasteiger partial charge in [-0.2, -0.15) is 0 Å². The van der Waals surface area contributed by atoms with Crippen molar-refractivity contribution in [2.24, 2.45) is 0 Å².